The highest BCUT2D eigenvalue weighted by molar-refractivity contribution is 6.05. The molecule has 0 bridgehead atoms. The van der Waals surface area contributed by atoms with Crippen LogP contribution in [0.25, 0.3) is 0 Å². The number of aromatic nitrogens is 2. The molecule has 1 saturated heterocycles. The van der Waals surface area contributed by atoms with E-state index in [4.69, 9.17) is 4.98 Å². The fraction of sp³-hybridized carbons (Fsp3) is 0.414. The van der Waals surface area contributed by atoms with Crippen LogP contribution in [0.1, 0.15) is 53.5 Å². The predicted molar refractivity (Wildman–Crippen MR) is 147 cm³/mol. The topological polar surface area (TPSA) is 64.6 Å². The minimum absolute atomic E-state index is 0.0822. The quantitative estimate of drug-likeness (QED) is 0.497. The van der Waals surface area contributed by atoms with Crippen LogP contribution >= 0.6 is 0 Å². The molecule has 2 amide bonds. The highest BCUT2D eigenvalue weighted by atomic mass is 16.2. The Balaban J connectivity index is 1.38. The molecule has 7 nitrogen and oxygen atoms in total. The van der Waals surface area contributed by atoms with Crippen LogP contribution in [0, 0.1) is 13.8 Å². The third kappa shape index (κ3) is 4.55. The van der Waals surface area contributed by atoms with Crippen molar-refractivity contribution in [3.05, 3.63) is 70.4 Å². The molecule has 0 atom stereocenters. The highest BCUT2D eigenvalue weighted by Gasteiger charge is 2.32. The van der Waals surface area contributed by atoms with Crippen LogP contribution in [-0.2, 0) is 13.0 Å². The Morgan fingerprint density at radius 2 is 1.78 bits per heavy atom. The number of hydrogen-bond acceptors (Lipinski definition) is 5. The first-order valence-electron chi connectivity index (χ1n) is 12.9. The SMILES string of the molecule is CCc1cc(C2CCN(C)CC2)ccc1Nc1ncc2c(n1)N(C)C(=O)N(c1c(C)cccc1C)C2. The van der Waals surface area contributed by atoms with E-state index in [2.05, 4.69) is 47.4 Å². The van der Waals surface area contributed by atoms with Gasteiger partial charge in [-0.25, -0.2) is 9.78 Å². The lowest BCUT2D eigenvalue weighted by Crippen LogP contribution is -2.46. The lowest BCUT2D eigenvalue weighted by atomic mass is 9.88. The Labute approximate surface area is 214 Å². The second kappa shape index (κ2) is 9.90. The number of fused-ring (bicyclic) bond motifs is 1. The number of nitrogens with zero attached hydrogens (tertiary/aromatic N) is 5. The second-order valence-corrected chi connectivity index (χ2v) is 10.2. The molecule has 36 heavy (non-hydrogen) atoms. The maximum absolute atomic E-state index is 13.3. The number of amides is 2. The monoisotopic (exact) mass is 484 g/mol. The number of anilines is 4. The first-order valence-corrected chi connectivity index (χ1v) is 12.9. The first kappa shape index (κ1) is 24.3. The van der Waals surface area contributed by atoms with Crippen LogP contribution < -0.4 is 15.1 Å². The molecule has 2 aromatic carbocycles. The van der Waals surface area contributed by atoms with Crippen molar-refractivity contribution >= 4 is 29.2 Å². The van der Waals surface area contributed by atoms with Crippen molar-refractivity contribution in [2.24, 2.45) is 0 Å². The molecule has 1 fully saturated rings. The van der Waals surface area contributed by atoms with Crippen molar-refractivity contribution in [3.63, 3.8) is 0 Å². The van der Waals surface area contributed by atoms with Gasteiger partial charge in [0.25, 0.3) is 0 Å². The molecule has 0 spiro atoms. The summed E-state index contributed by atoms with van der Waals surface area (Å²) in [5, 5.41) is 3.43. The number of carbonyl (C=O) groups excluding carboxylic acids is 1. The summed E-state index contributed by atoms with van der Waals surface area (Å²) in [4.78, 5) is 28.6. The van der Waals surface area contributed by atoms with E-state index in [0.717, 1.165) is 47.6 Å². The van der Waals surface area contributed by atoms with Gasteiger partial charge < -0.3 is 10.2 Å². The Morgan fingerprint density at radius 3 is 2.47 bits per heavy atom. The summed E-state index contributed by atoms with van der Waals surface area (Å²) in [6, 6.07) is 12.8. The molecule has 1 aromatic heterocycles. The van der Waals surface area contributed by atoms with Crippen molar-refractivity contribution in [2.45, 2.75) is 52.5 Å². The van der Waals surface area contributed by atoms with Gasteiger partial charge in [-0.1, -0.05) is 37.3 Å². The lowest BCUT2D eigenvalue weighted by molar-refractivity contribution is 0.251. The molecule has 0 radical (unpaired) electrons. The van der Waals surface area contributed by atoms with E-state index in [0.29, 0.717) is 24.2 Å². The molecule has 0 saturated carbocycles. The summed E-state index contributed by atoms with van der Waals surface area (Å²) in [5.41, 5.74) is 7.76. The van der Waals surface area contributed by atoms with Crippen molar-refractivity contribution in [3.8, 4) is 0 Å². The van der Waals surface area contributed by atoms with Gasteiger partial charge in [0.05, 0.1) is 12.2 Å². The molecule has 188 valence electrons. The second-order valence-electron chi connectivity index (χ2n) is 10.2. The average molecular weight is 485 g/mol. The van der Waals surface area contributed by atoms with Gasteiger partial charge in [0.15, 0.2) is 0 Å². The van der Waals surface area contributed by atoms with E-state index in [-0.39, 0.29) is 6.03 Å². The van der Waals surface area contributed by atoms with Crippen LogP contribution in [0.5, 0.6) is 0 Å². The number of nitrogens with one attached hydrogen (secondary N) is 1. The van der Waals surface area contributed by atoms with Gasteiger partial charge in [-0.15, -0.1) is 0 Å². The van der Waals surface area contributed by atoms with Crippen LogP contribution in [0.4, 0.5) is 27.9 Å². The van der Waals surface area contributed by atoms with E-state index in [9.17, 15) is 4.79 Å². The molecule has 2 aliphatic heterocycles. The standard InChI is InChI=1S/C29H36N6O/c1-6-21-16-23(22-12-14-33(4)15-13-22)10-11-25(21)31-28-30-17-24-18-35(29(36)34(5)27(24)32-28)26-19(2)8-7-9-20(26)3/h7-11,16-17,22H,6,12-15,18H2,1-5H3,(H,30,31,32). The smallest absolute Gasteiger partial charge is 0.324 e. The van der Waals surface area contributed by atoms with Crippen molar-refractivity contribution in [2.75, 3.05) is 42.3 Å². The van der Waals surface area contributed by atoms with Gasteiger partial charge >= 0.3 is 6.03 Å². The van der Waals surface area contributed by atoms with E-state index in [1.807, 2.05) is 43.1 Å². The van der Waals surface area contributed by atoms with Gasteiger partial charge in [0.1, 0.15) is 5.82 Å². The number of hydrogen-bond donors (Lipinski definition) is 1. The molecule has 3 aromatic rings. The molecule has 0 unspecified atom stereocenters. The van der Waals surface area contributed by atoms with E-state index < -0.39 is 0 Å². The van der Waals surface area contributed by atoms with Crippen LogP contribution in [0.3, 0.4) is 0 Å². The van der Waals surface area contributed by atoms with Crippen LogP contribution in [-0.4, -0.2) is 48.1 Å². The molecule has 7 heteroatoms. The molecule has 3 heterocycles. The van der Waals surface area contributed by atoms with Gasteiger partial charge in [0, 0.05) is 24.5 Å². The third-order valence-corrected chi connectivity index (χ3v) is 7.66. The summed E-state index contributed by atoms with van der Waals surface area (Å²) in [6.45, 7) is 9.03. The van der Waals surface area contributed by atoms with Crippen molar-refractivity contribution in [1.82, 2.24) is 14.9 Å². The normalized spacial score (nSPS) is 16.9. The van der Waals surface area contributed by atoms with E-state index >= 15 is 0 Å². The van der Waals surface area contributed by atoms with Gasteiger partial charge in [-0.3, -0.25) is 9.80 Å². The number of para-hydroxylation sites is 1. The predicted octanol–water partition coefficient (Wildman–Crippen LogP) is 5.79. The number of benzene rings is 2. The Hall–Kier alpha value is -3.45. The fourth-order valence-corrected chi connectivity index (χ4v) is 5.52. The minimum Gasteiger partial charge on any atom is -0.324 e. The summed E-state index contributed by atoms with van der Waals surface area (Å²) >= 11 is 0. The molecular weight excluding hydrogens is 448 g/mol. The van der Waals surface area contributed by atoms with Crippen LogP contribution in [0.15, 0.2) is 42.6 Å². The number of aryl methyl sites for hydroxylation is 3. The number of rotatable bonds is 5. The fourth-order valence-electron chi connectivity index (χ4n) is 5.52. The lowest BCUT2D eigenvalue weighted by Gasteiger charge is -2.35. The Morgan fingerprint density at radius 1 is 1.06 bits per heavy atom. The zero-order valence-corrected chi connectivity index (χ0v) is 22.0. The molecule has 0 aliphatic carbocycles. The summed E-state index contributed by atoms with van der Waals surface area (Å²) < 4.78 is 0. The zero-order valence-electron chi connectivity index (χ0n) is 22.0. The first-order chi connectivity index (χ1) is 17.4. The summed E-state index contributed by atoms with van der Waals surface area (Å²) in [5.74, 6) is 1.79. The van der Waals surface area contributed by atoms with Crippen molar-refractivity contribution in [1.29, 1.82) is 0 Å². The molecule has 5 rings (SSSR count). The van der Waals surface area contributed by atoms with E-state index in [1.165, 1.54) is 24.0 Å². The zero-order chi connectivity index (χ0) is 25.4. The van der Waals surface area contributed by atoms with Gasteiger partial charge in [-0.2, -0.15) is 4.98 Å². The van der Waals surface area contributed by atoms with Gasteiger partial charge in [0.2, 0.25) is 5.95 Å². The molecule has 1 N–H and O–H groups in total. The number of piperidine rings is 1. The third-order valence-electron chi connectivity index (χ3n) is 7.66. The molecular formula is C29H36N6O. The number of urea groups is 1. The summed E-state index contributed by atoms with van der Waals surface area (Å²) in [7, 11) is 3.98. The van der Waals surface area contributed by atoms with Gasteiger partial charge in [-0.05, 0) is 87.5 Å². The highest BCUT2D eigenvalue weighted by Crippen LogP contribution is 2.35. The molecule has 2 aliphatic rings. The maximum Gasteiger partial charge on any atom is 0.330 e. The largest absolute Gasteiger partial charge is 0.330 e. The van der Waals surface area contributed by atoms with Crippen molar-refractivity contribution < 1.29 is 4.79 Å². The summed E-state index contributed by atoms with van der Waals surface area (Å²) in [6.07, 6.45) is 5.18. The van der Waals surface area contributed by atoms with E-state index in [1.54, 1.807) is 11.9 Å². The maximum atomic E-state index is 13.3. The Bertz CT molecular complexity index is 1260. The minimum atomic E-state index is -0.0822. The average Bonchev–Trinajstić information content (AvgIpc) is 2.88. The Kier molecular flexibility index (Phi) is 6.67. The van der Waals surface area contributed by atoms with Crippen LogP contribution in [0.2, 0.25) is 0 Å². The number of carbonyl (C=O) groups is 1. The number of likely N-dealkylation sites (tertiary alicyclic amines) is 1.